The summed E-state index contributed by atoms with van der Waals surface area (Å²) in [5.41, 5.74) is -0.952. The molecule has 0 spiro atoms. The highest BCUT2D eigenvalue weighted by Crippen LogP contribution is 2.23. The molecular formula is C12H13FO3. The van der Waals surface area contributed by atoms with E-state index in [1.54, 1.807) is 6.92 Å². The maximum absolute atomic E-state index is 12.7. The average Bonchev–Trinajstić information content (AvgIpc) is 2.29. The summed E-state index contributed by atoms with van der Waals surface area (Å²) in [6, 6.07) is 5.22. The highest BCUT2D eigenvalue weighted by atomic mass is 19.1. The van der Waals surface area contributed by atoms with Crippen molar-refractivity contribution in [2.75, 3.05) is 6.61 Å². The van der Waals surface area contributed by atoms with Crippen molar-refractivity contribution in [2.24, 2.45) is 0 Å². The van der Waals surface area contributed by atoms with Gasteiger partial charge in [-0.1, -0.05) is 12.1 Å². The molecule has 0 amide bonds. The normalized spacial score (nSPS) is 13.9. The van der Waals surface area contributed by atoms with Gasteiger partial charge in [-0.25, -0.2) is 4.39 Å². The quantitative estimate of drug-likeness (QED) is 0.445. The fourth-order valence-corrected chi connectivity index (χ4v) is 1.31. The topological polar surface area (TPSA) is 43.4 Å². The Morgan fingerprint density at radius 1 is 1.44 bits per heavy atom. The van der Waals surface area contributed by atoms with Crippen LogP contribution in [0.25, 0.3) is 0 Å². The van der Waals surface area contributed by atoms with Crippen LogP contribution in [0.4, 0.5) is 4.39 Å². The molecule has 0 aliphatic rings. The van der Waals surface area contributed by atoms with E-state index in [-0.39, 0.29) is 6.61 Å². The molecule has 0 saturated heterocycles. The van der Waals surface area contributed by atoms with Crippen LogP contribution in [0.5, 0.6) is 0 Å². The van der Waals surface area contributed by atoms with Gasteiger partial charge in [0.05, 0.1) is 6.61 Å². The van der Waals surface area contributed by atoms with Crippen molar-refractivity contribution in [3.8, 4) is 0 Å². The summed E-state index contributed by atoms with van der Waals surface area (Å²) in [5, 5.41) is 0. The average molecular weight is 224 g/mol. The summed E-state index contributed by atoms with van der Waals surface area (Å²) in [4.78, 5) is 22.7. The molecule has 0 aliphatic heterocycles. The summed E-state index contributed by atoms with van der Waals surface area (Å²) in [7, 11) is 0. The monoisotopic (exact) mass is 224 g/mol. The first kappa shape index (κ1) is 12.4. The molecule has 1 atom stereocenters. The van der Waals surface area contributed by atoms with Crippen molar-refractivity contribution in [1.29, 1.82) is 0 Å². The molecule has 1 aromatic rings. The molecule has 1 rings (SSSR count). The van der Waals surface area contributed by atoms with Gasteiger partial charge in [0, 0.05) is 0 Å². The Bertz CT molecular complexity index is 386. The van der Waals surface area contributed by atoms with E-state index in [2.05, 4.69) is 0 Å². The number of halogens is 1. The molecule has 0 N–H and O–H groups in total. The highest BCUT2D eigenvalue weighted by Gasteiger charge is 2.36. The second kappa shape index (κ2) is 4.88. The van der Waals surface area contributed by atoms with Gasteiger partial charge in [-0.15, -0.1) is 0 Å². The van der Waals surface area contributed by atoms with Crippen LogP contribution in [0.3, 0.4) is 0 Å². The van der Waals surface area contributed by atoms with Crippen LogP contribution >= 0.6 is 0 Å². The number of carbonyl (C=O) groups is 2. The van der Waals surface area contributed by atoms with Crippen LogP contribution in [-0.2, 0) is 19.7 Å². The fourth-order valence-electron chi connectivity index (χ4n) is 1.31. The Hall–Kier alpha value is -1.71. The Kier molecular flexibility index (Phi) is 3.77. The van der Waals surface area contributed by atoms with Gasteiger partial charge in [0.15, 0.2) is 0 Å². The van der Waals surface area contributed by atoms with Crippen LogP contribution in [0.1, 0.15) is 19.4 Å². The molecule has 0 fully saturated rings. The lowest BCUT2D eigenvalue weighted by atomic mass is 9.84. The van der Waals surface area contributed by atoms with E-state index >= 15 is 0 Å². The fraction of sp³-hybridized carbons (Fsp3) is 0.333. The lowest BCUT2D eigenvalue weighted by Gasteiger charge is -2.21. The van der Waals surface area contributed by atoms with E-state index < -0.39 is 17.2 Å². The number of carbonyl (C=O) groups excluding carboxylic acids is 2. The third-order valence-electron chi connectivity index (χ3n) is 2.38. The molecule has 1 aromatic carbocycles. The summed E-state index contributed by atoms with van der Waals surface area (Å²) in [6.07, 6.45) is 0.512. The smallest absolute Gasteiger partial charge is 0.323 e. The van der Waals surface area contributed by atoms with Crippen molar-refractivity contribution >= 4 is 12.3 Å². The molecule has 0 aliphatic carbocycles. The summed E-state index contributed by atoms with van der Waals surface area (Å²) in [5.74, 6) is -1.04. The van der Waals surface area contributed by atoms with Gasteiger partial charge in [-0.2, -0.15) is 0 Å². The lowest BCUT2D eigenvalue weighted by molar-refractivity contribution is -0.150. The Labute approximate surface area is 93.2 Å². The maximum atomic E-state index is 12.7. The predicted molar refractivity (Wildman–Crippen MR) is 56.4 cm³/mol. The lowest BCUT2D eigenvalue weighted by Crippen LogP contribution is -2.36. The minimum Gasteiger partial charge on any atom is -0.465 e. The Balaban J connectivity index is 3.09. The number of rotatable bonds is 4. The van der Waals surface area contributed by atoms with E-state index in [1.165, 1.54) is 31.2 Å². The second-order valence-corrected chi connectivity index (χ2v) is 3.55. The van der Waals surface area contributed by atoms with Gasteiger partial charge >= 0.3 is 5.97 Å². The van der Waals surface area contributed by atoms with E-state index in [0.29, 0.717) is 11.8 Å². The minimum atomic E-state index is -1.37. The SMILES string of the molecule is CCOC(=O)C(C)(C=O)c1ccc(F)cc1. The van der Waals surface area contributed by atoms with Crippen LogP contribution in [0.2, 0.25) is 0 Å². The first-order chi connectivity index (χ1) is 7.54. The molecule has 0 saturated carbocycles. The van der Waals surface area contributed by atoms with Gasteiger partial charge in [-0.05, 0) is 31.5 Å². The zero-order chi connectivity index (χ0) is 12.2. The number of esters is 1. The summed E-state index contributed by atoms with van der Waals surface area (Å²) in [6.45, 7) is 3.31. The van der Waals surface area contributed by atoms with Crippen molar-refractivity contribution in [3.05, 3.63) is 35.6 Å². The zero-order valence-corrected chi connectivity index (χ0v) is 9.20. The molecule has 4 heteroatoms. The molecule has 0 aromatic heterocycles. The molecular weight excluding hydrogens is 211 g/mol. The molecule has 1 unspecified atom stereocenters. The summed E-state index contributed by atoms with van der Waals surface area (Å²) < 4.78 is 17.5. The molecule has 0 heterocycles. The predicted octanol–water partition coefficient (Wildman–Crippen LogP) is 1.85. The van der Waals surface area contributed by atoms with Gasteiger partial charge in [0.2, 0.25) is 0 Å². The van der Waals surface area contributed by atoms with Crippen LogP contribution in [0, 0.1) is 5.82 Å². The minimum absolute atomic E-state index is 0.198. The number of benzene rings is 1. The van der Waals surface area contributed by atoms with Crippen LogP contribution in [0.15, 0.2) is 24.3 Å². The van der Waals surface area contributed by atoms with Gasteiger partial charge in [0.1, 0.15) is 17.5 Å². The molecule has 3 nitrogen and oxygen atoms in total. The molecule has 0 radical (unpaired) electrons. The number of aldehydes is 1. The van der Waals surface area contributed by atoms with Gasteiger partial charge in [0.25, 0.3) is 0 Å². The molecule has 0 bridgehead atoms. The highest BCUT2D eigenvalue weighted by molar-refractivity contribution is 5.99. The largest absolute Gasteiger partial charge is 0.465 e. The molecule has 86 valence electrons. The van der Waals surface area contributed by atoms with E-state index in [4.69, 9.17) is 4.74 Å². The van der Waals surface area contributed by atoms with Crippen LogP contribution in [-0.4, -0.2) is 18.9 Å². The van der Waals surface area contributed by atoms with Gasteiger partial charge < -0.3 is 9.53 Å². The first-order valence-electron chi connectivity index (χ1n) is 4.94. The summed E-state index contributed by atoms with van der Waals surface area (Å²) >= 11 is 0. The third kappa shape index (κ3) is 2.27. The van der Waals surface area contributed by atoms with Crippen molar-refractivity contribution in [1.82, 2.24) is 0 Å². The van der Waals surface area contributed by atoms with Crippen molar-refractivity contribution < 1.29 is 18.7 Å². The van der Waals surface area contributed by atoms with Crippen molar-refractivity contribution in [3.63, 3.8) is 0 Å². The number of ether oxygens (including phenoxy) is 1. The van der Waals surface area contributed by atoms with E-state index in [1.807, 2.05) is 0 Å². The standard InChI is InChI=1S/C12H13FO3/c1-3-16-11(15)12(2,8-14)9-4-6-10(13)7-5-9/h4-8H,3H2,1-2H3. The van der Waals surface area contributed by atoms with Crippen LogP contribution < -0.4 is 0 Å². The number of hydrogen-bond donors (Lipinski definition) is 0. The maximum Gasteiger partial charge on any atom is 0.323 e. The zero-order valence-electron chi connectivity index (χ0n) is 9.20. The van der Waals surface area contributed by atoms with Crippen molar-refractivity contribution in [2.45, 2.75) is 19.3 Å². The third-order valence-corrected chi connectivity index (χ3v) is 2.38. The Morgan fingerprint density at radius 2 is 2.00 bits per heavy atom. The number of hydrogen-bond acceptors (Lipinski definition) is 3. The van der Waals surface area contributed by atoms with Gasteiger partial charge in [-0.3, -0.25) is 4.79 Å². The van der Waals surface area contributed by atoms with E-state index in [0.717, 1.165) is 0 Å². The molecule has 16 heavy (non-hydrogen) atoms. The van der Waals surface area contributed by atoms with E-state index in [9.17, 15) is 14.0 Å². The first-order valence-corrected chi connectivity index (χ1v) is 4.94. The second-order valence-electron chi connectivity index (χ2n) is 3.55. The Morgan fingerprint density at radius 3 is 2.44 bits per heavy atom.